The highest BCUT2D eigenvalue weighted by Gasteiger charge is 2.28. The number of hydrogen-bond donors (Lipinski definition) is 2. The Morgan fingerprint density at radius 2 is 2.04 bits per heavy atom. The standard InChI is InChI=1S/C17H34F3N5O.HI/c1-5-21-16(22-6-7-24(4)13-17(18,19)20)23-10-15-12-25(8-9-26-15)11-14(2)3;/h14-15H,5-13H2,1-4H3,(H2,21,22,23);1H. The molecule has 0 aliphatic carbocycles. The van der Waals surface area contributed by atoms with E-state index in [0.29, 0.717) is 38.1 Å². The molecule has 1 fully saturated rings. The average molecular weight is 509 g/mol. The van der Waals surface area contributed by atoms with Crippen LogP contribution in [0, 0.1) is 5.92 Å². The molecule has 162 valence electrons. The number of morpholine rings is 1. The van der Waals surface area contributed by atoms with Gasteiger partial charge in [-0.1, -0.05) is 13.8 Å². The molecule has 1 unspecified atom stereocenters. The van der Waals surface area contributed by atoms with E-state index in [2.05, 4.69) is 34.4 Å². The number of halogens is 4. The number of ether oxygens (including phenoxy) is 1. The topological polar surface area (TPSA) is 52.1 Å². The van der Waals surface area contributed by atoms with Gasteiger partial charge in [0.05, 0.1) is 25.8 Å². The van der Waals surface area contributed by atoms with Crippen molar-refractivity contribution in [2.45, 2.75) is 33.1 Å². The van der Waals surface area contributed by atoms with Gasteiger partial charge in [0, 0.05) is 39.3 Å². The molecule has 1 atom stereocenters. The van der Waals surface area contributed by atoms with Gasteiger partial charge in [0.25, 0.3) is 0 Å². The van der Waals surface area contributed by atoms with Crippen molar-refractivity contribution in [1.29, 1.82) is 0 Å². The van der Waals surface area contributed by atoms with Crippen LogP contribution < -0.4 is 10.6 Å². The highest BCUT2D eigenvalue weighted by Crippen LogP contribution is 2.15. The second-order valence-electron chi connectivity index (χ2n) is 7.15. The minimum atomic E-state index is -4.17. The van der Waals surface area contributed by atoms with E-state index in [-0.39, 0.29) is 36.6 Å². The fourth-order valence-corrected chi connectivity index (χ4v) is 2.86. The van der Waals surface area contributed by atoms with E-state index in [1.165, 1.54) is 11.9 Å². The number of nitrogens with one attached hydrogen (secondary N) is 2. The SMILES string of the molecule is CCNC(=NCC1CN(CC(C)C)CCO1)NCCN(C)CC(F)(F)F.I. The molecule has 0 radical (unpaired) electrons. The third-order valence-corrected chi connectivity index (χ3v) is 3.88. The van der Waals surface area contributed by atoms with Crippen LogP contribution in [-0.4, -0.2) is 94.1 Å². The first-order chi connectivity index (χ1) is 12.2. The first kappa shape index (κ1) is 26.7. The number of nitrogens with zero attached hydrogens (tertiary/aromatic N) is 3. The highest BCUT2D eigenvalue weighted by atomic mass is 127. The summed E-state index contributed by atoms with van der Waals surface area (Å²) in [5.41, 5.74) is 0. The molecule has 1 saturated heterocycles. The Morgan fingerprint density at radius 1 is 1.33 bits per heavy atom. The van der Waals surface area contributed by atoms with Gasteiger partial charge in [-0.05, 0) is 19.9 Å². The molecule has 1 aliphatic rings. The fourth-order valence-electron chi connectivity index (χ4n) is 2.86. The van der Waals surface area contributed by atoms with Gasteiger partial charge < -0.3 is 15.4 Å². The normalized spacial score (nSPS) is 19.3. The molecule has 2 N–H and O–H groups in total. The van der Waals surface area contributed by atoms with Crippen LogP contribution in [0.3, 0.4) is 0 Å². The van der Waals surface area contributed by atoms with Crippen LogP contribution in [0.1, 0.15) is 20.8 Å². The number of alkyl halides is 3. The molecule has 27 heavy (non-hydrogen) atoms. The molecular formula is C17H35F3IN5O. The highest BCUT2D eigenvalue weighted by molar-refractivity contribution is 14.0. The molecule has 1 aliphatic heterocycles. The lowest BCUT2D eigenvalue weighted by atomic mass is 10.2. The molecule has 0 bridgehead atoms. The van der Waals surface area contributed by atoms with Gasteiger partial charge in [-0.3, -0.25) is 14.8 Å². The minimum absolute atomic E-state index is 0. The average Bonchev–Trinajstić information content (AvgIpc) is 2.50. The Hall–Kier alpha value is -0.330. The monoisotopic (exact) mass is 509 g/mol. The van der Waals surface area contributed by atoms with Crippen molar-refractivity contribution < 1.29 is 17.9 Å². The van der Waals surface area contributed by atoms with Gasteiger partial charge >= 0.3 is 6.18 Å². The summed E-state index contributed by atoms with van der Waals surface area (Å²) in [6.45, 7) is 10.9. The van der Waals surface area contributed by atoms with E-state index in [9.17, 15) is 13.2 Å². The van der Waals surface area contributed by atoms with Crippen LogP contribution in [0.5, 0.6) is 0 Å². The van der Waals surface area contributed by atoms with E-state index in [4.69, 9.17) is 4.74 Å². The van der Waals surface area contributed by atoms with E-state index in [1.54, 1.807) is 0 Å². The summed E-state index contributed by atoms with van der Waals surface area (Å²) in [5, 5.41) is 6.20. The third kappa shape index (κ3) is 13.5. The van der Waals surface area contributed by atoms with Crippen LogP contribution in [0.2, 0.25) is 0 Å². The van der Waals surface area contributed by atoms with Crippen molar-refractivity contribution in [2.75, 3.05) is 66.0 Å². The number of likely N-dealkylation sites (N-methyl/N-ethyl adjacent to an activating group) is 1. The van der Waals surface area contributed by atoms with Crippen LogP contribution in [0.25, 0.3) is 0 Å². The summed E-state index contributed by atoms with van der Waals surface area (Å²) < 4.78 is 42.8. The lowest BCUT2D eigenvalue weighted by Crippen LogP contribution is -2.46. The van der Waals surface area contributed by atoms with E-state index in [1.807, 2.05) is 6.92 Å². The molecule has 0 aromatic heterocycles. The second-order valence-corrected chi connectivity index (χ2v) is 7.15. The Labute approximate surface area is 178 Å². The van der Waals surface area contributed by atoms with Gasteiger partial charge in [0.15, 0.2) is 5.96 Å². The van der Waals surface area contributed by atoms with Crippen LogP contribution >= 0.6 is 24.0 Å². The van der Waals surface area contributed by atoms with Gasteiger partial charge in [-0.2, -0.15) is 13.2 Å². The molecular weight excluding hydrogens is 474 g/mol. The maximum atomic E-state index is 12.3. The van der Waals surface area contributed by atoms with Gasteiger partial charge in [0.2, 0.25) is 0 Å². The molecule has 0 aromatic carbocycles. The molecule has 1 heterocycles. The molecule has 0 spiro atoms. The van der Waals surface area contributed by atoms with Crippen molar-refractivity contribution in [3.63, 3.8) is 0 Å². The Balaban J connectivity index is 0.00000676. The molecule has 10 heteroatoms. The first-order valence-electron chi connectivity index (χ1n) is 9.31. The maximum absolute atomic E-state index is 12.3. The number of hydrogen-bond acceptors (Lipinski definition) is 4. The van der Waals surface area contributed by atoms with Crippen LogP contribution in [-0.2, 0) is 4.74 Å². The maximum Gasteiger partial charge on any atom is 0.401 e. The lowest BCUT2D eigenvalue weighted by molar-refractivity contribution is -0.142. The zero-order valence-electron chi connectivity index (χ0n) is 16.8. The number of rotatable bonds is 9. The quantitative estimate of drug-likeness (QED) is 0.283. The molecule has 6 nitrogen and oxygen atoms in total. The van der Waals surface area contributed by atoms with E-state index >= 15 is 0 Å². The minimum Gasteiger partial charge on any atom is -0.374 e. The van der Waals surface area contributed by atoms with Crippen LogP contribution in [0.4, 0.5) is 13.2 Å². The zero-order valence-corrected chi connectivity index (χ0v) is 19.1. The largest absolute Gasteiger partial charge is 0.401 e. The van der Waals surface area contributed by atoms with Crippen molar-refractivity contribution >= 4 is 29.9 Å². The van der Waals surface area contributed by atoms with E-state index in [0.717, 1.165) is 19.6 Å². The fraction of sp³-hybridized carbons (Fsp3) is 0.941. The van der Waals surface area contributed by atoms with Crippen LogP contribution in [0.15, 0.2) is 4.99 Å². The second kappa shape index (κ2) is 13.8. The van der Waals surface area contributed by atoms with Gasteiger partial charge in [-0.25, -0.2) is 0 Å². The van der Waals surface area contributed by atoms with Crippen molar-refractivity contribution in [1.82, 2.24) is 20.4 Å². The molecule has 0 amide bonds. The smallest absolute Gasteiger partial charge is 0.374 e. The summed E-state index contributed by atoms with van der Waals surface area (Å²) >= 11 is 0. The summed E-state index contributed by atoms with van der Waals surface area (Å²) in [5.74, 6) is 1.22. The predicted molar refractivity (Wildman–Crippen MR) is 114 cm³/mol. The molecule has 0 saturated carbocycles. The molecule has 1 rings (SSSR count). The zero-order chi connectivity index (χ0) is 19.6. The van der Waals surface area contributed by atoms with Crippen molar-refractivity contribution in [3.05, 3.63) is 0 Å². The Morgan fingerprint density at radius 3 is 2.63 bits per heavy atom. The molecule has 0 aromatic rings. The Bertz CT molecular complexity index is 424. The van der Waals surface area contributed by atoms with Crippen molar-refractivity contribution in [3.8, 4) is 0 Å². The summed E-state index contributed by atoms with van der Waals surface area (Å²) in [6, 6.07) is 0. The number of guanidine groups is 1. The van der Waals surface area contributed by atoms with Gasteiger partial charge in [0.1, 0.15) is 0 Å². The summed E-state index contributed by atoms with van der Waals surface area (Å²) in [7, 11) is 1.46. The Kier molecular flexibility index (Phi) is 13.6. The summed E-state index contributed by atoms with van der Waals surface area (Å²) in [6.07, 6.45) is -4.13. The lowest BCUT2D eigenvalue weighted by Gasteiger charge is -2.33. The number of aliphatic imine (C=N–C) groups is 1. The van der Waals surface area contributed by atoms with E-state index < -0.39 is 12.7 Å². The summed E-state index contributed by atoms with van der Waals surface area (Å²) in [4.78, 5) is 8.15. The predicted octanol–water partition coefficient (Wildman–Crippen LogP) is 2.01. The third-order valence-electron chi connectivity index (χ3n) is 3.88. The van der Waals surface area contributed by atoms with Crippen molar-refractivity contribution in [2.24, 2.45) is 10.9 Å². The van der Waals surface area contributed by atoms with Gasteiger partial charge in [-0.15, -0.1) is 24.0 Å². The first-order valence-corrected chi connectivity index (χ1v) is 9.31.